The number of aryl methyl sites for hydroxylation is 1. The number of sulfonamides is 1. The van der Waals surface area contributed by atoms with Gasteiger partial charge in [-0.2, -0.15) is 0 Å². The van der Waals surface area contributed by atoms with Crippen LogP contribution < -0.4 is 19.1 Å². The third-order valence-electron chi connectivity index (χ3n) is 4.67. The molecule has 2 aromatic carbocycles. The van der Waals surface area contributed by atoms with Crippen LogP contribution in [0, 0.1) is 6.92 Å². The van der Waals surface area contributed by atoms with Crippen molar-refractivity contribution in [2.24, 2.45) is 0 Å². The Bertz CT molecular complexity index is 975. The summed E-state index contributed by atoms with van der Waals surface area (Å²) >= 11 is 0. The number of amides is 1. The molecule has 0 bridgehead atoms. The molecule has 0 saturated heterocycles. The highest BCUT2D eigenvalue weighted by Gasteiger charge is 2.23. The van der Waals surface area contributed by atoms with E-state index < -0.39 is 10.0 Å². The summed E-state index contributed by atoms with van der Waals surface area (Å²) in [6, 6.07) is 12.2. The lowest BCUT2D eigenvalue weighted by Gasteiger charge is -2.24. The van der Waals surface area contributed by atoms with Crippen molar-refractivity contribution in [2.45, 2.75) is 33.2 Å². The molecule has 1 N–H and O–H groups in total. The van der Waals surface area contributed by atoms with Gasteiger partial charge in [0.15, 0.2) is 0 Å². The molecule has 0 aliphatic heterocycles. The molecule has 2 rings (SSSR count). The van der Waals surface area contributed by atoms with Gasteiger partial charge in [-0.3, -0.25) is 9.10 Å². The topological polar surface area (TPSA) is 84.9 Å². The number of nitrogens with one attached hydrogen (secondary N) is 1. The number of hydrogen-bond donors (Lipinski definition) is 1. The molecule has 1 unspecified atom stereocenters. The number of ether oxygens (including phenoxy) is 2. The maximum Gasteiger partial charge on any atom is 0.241 e. The second-order valence-electron chi connectivity index (χ2n) is 6.96. The van der Waals surface area contributed by atoms with Gasteiger partial charge in [0.25, 0.3) is 0 Å². The van der Waals surface area contributed by atoms with Gasteiger partial charge in [-0.1, -0.05) is 25.1 Å². The largest absolute Gasteiger partial charge is 0.496 e. The molecule has 0 aromatic heterocycles. The minimum Gasteiger partial charge on any atom is -0.496 e. The van der Waals surface area contributed by atoms with Gasteiger partial charge in [0, 0.05) is 6.07 Å². The van der Waals surface area contributed by atoms with E-state index in [1.807, 2.05) is 39.0 Å². The van der Waals surface area contributed by atoms with Crippen molar-refractivity contribution in [2.75, 3.05) is 30.8 Å². The van der Waals surface area contributed by atoms with Crippen molar-refractivity contribution >= 4 is 21.6 Å². The molecule has 1 amide bonds. The highest BCUT2D eigenvalue weighted by molar-refractivity contribution is 7.92. The number of hydrogen-bond acceptors (Lipinski definition) is 5. The first-order chi connectivity index (χ1) is 14.2. The highest BCUT2D eigenvalue weighted by Crippen LogP contribution is 2.25. The van der Waals surface area contributed by atoms with Crippen molar-refractivity contribution in [1.82, 2.24) is 5.32 Å². The van der Waals surface area contributed by atoms with Crippen LogP contribution >= 0.6 is 0 Å². The number of anilines is 1. The maximum atomic E-state index is 12.8. The average Bonchev–Trinajstić information content (AvgIpc) is 2.69. The van der Waals surface area contributed by atoms with Gasteiger partial charge in [-0.15, -0.1) is 0 Å². The number of benzene rings is 2. The fraction of sp³-hybridized carbons (Fsp3) is 0.409. The third kappa shape index (κ3) is 6.13. The minimum atomic E-state index is -3.67. The second kappa shape index (κ2) is 10.3. The summed E-state index contributed by atoms with van der Waals surface area (Å²) in [4.78, 5) is 12.8. The minimum absolute atomic E-state index is 0.238. The molecule has 8 heteroatoms. The van der Waals surface area contributed by atoms with Crippen molar-refractivity contribution < 1.29 is 22.7 Å². The summed E-state index contributed by atoms with van der Waals surface area (Å²) in [5.74, 6) is 0.934. The Kier molecular flexibility index (Phi) is 8.11. The number of carbonyl (C=O) groups excluding carboxylic acids is 1. The normalized spacial score (nSPS) is 12.2. The van der Waals surface area contributed by atoms with E-state index in [4.69, 9.17) is 9.47 Å². The van der Waals surface area contributed by atoms with E-state index in [2.05, 4.69) is 5.32 Å². The number of rotatable bonds is 10. The fourth-order valence-electron chi connectivity index (χ4n) is 3.20. The van der Waals surface area contributed by atoms with Crippen LogP contribution in [-0.4, -0.2) is 40.8 Å². The molecule has 0 aliphatic rings. The molecule has 7 nitrogen and oxygen atoms in total. The van der Waals surface area contributed by atoms with Gasteiger partial charge in [0.2, 0.25) is 15.9 Å². The van der Waals surface area contributed by atoms with Crippen molar-refractivity contribution in [1.29, 1.82) is 0 Å². The van der Waals surface area contributed by atoms with Gasteiger partial charge >= 0.3 is 0 Å². The zero-order valence-electron chi connectivity index (χ0n) is 18.1. The molecule has 30 heavy (non-hydrogen) atoms. The Morgan fingerprint density at radius 1 is 1.17 bits per heavy atom. The van der Waals surface area contributed by atoms with Gasteiger partial charge in [0.05, 0.1) is 31.7 Å². The van der Waals surface area contributed by atoms with E-state index in [1.165, 1.54) is 0 Å². The van der Waals surface area contributed by atoms with Crippen LogP contribution in [-0.2, 0) is 14.8 Å². The first-order valence-electron chi connectivity index (χ1n) is 9.84. The molecular formula is C22H30N2O5S. The molecule has 0 spiro atoms. The Labute approximate surface area is 179 Å². The van der Waals surface area contributed by atoms with Gasteiger partial charge < -0.3 is 14.8 Å². The van der Waals surface area contributed by atoms with Crippen molar-refractivity contribution in [3.8, 4) is 11.5 Å². The Balaban J connectivity index is 2.21. The predicted molar refractivity (Wildman–Crippen MR) is 119 cm³/mol. The second-order valence-corrected chi connectivity index (χ2v) is 8.86. The molecule has 0 saturated carbocycles. The smallest absolute Gasteiger partial charge is 0.241 e. The highest BCUT2D eigenvalue weighted by atomic mass is 32.2. The Morgan fingerprint density at radius 2 is 1.90 bits per heavy atom. The number of nitrogens with zero attached hydrogens (tertiary/aromatic N) is 1. The lowest BCUT2D eigenvalue weighted by molar-refractivity contribution is -0.120. The fourth-order valence-corrected chi connectivity index (χ4v) is 4.05. The molecule has 2 aromatic rings. The van der Waals surface area contributed by atoms with Crippen LogP contribution in [0.15, 0.2) is 42.5 Å². The Hall–Kier alpha value is -2.74. The third-order valence-corrected chi connectivity index (χ3v) is 5.81. The molecule has 0 heterocycles. The molecule has 164 valence electrons. The first kappa shape index (κ1) is 23.5. The van der Waals surface area contributed by atoms with Gasteiger partial charge in [-0.05, 0) is 49.6 Å². The lowest BCUT2D eigenvalue weighted by Crippen LogP contribution is -2.41. The quantitative estimate of drug-likeness (QED) is 0.619. The summed E-state index contributed by atoms with van der Waals surface area (Å²) in [5.41, 5.74) is 2.29. The van der Waals surface area contributed by atoms with Crippen LogP contribution in [0.5, 0.6) is 11.5 Å². The van der Waals surface area contributed by atoms with E-state index in [1.54, 1.807) is 31.4 Å². The van der Waals surface area contributed by atoms with E-state index in [0.29, 0.717) is 24.5 Å². The molecule has 1 atom stereocenters. The van der Waals surface area contributed by atoms with E-state index in [9.17, 15) is 13.2 Å². The molecular weight excluding hydrogens is 404 g/mol. The van der Waals surface area contributed by atoms with E-state index >= 15 is 0 Å². The van der Waals surface area contributed by atoms with Crippen molar-refractivity contribution in [3.63, 3.8) is 0 Å². The Morgan fingerprint density at radius 3 is 2.47 bits per heavy atom. The standard InChI is InChI=1S/C22H30N2O5S/c1-6-20(17-11-12-21(28-4)16(3)13-17)23-22(25)15-24(30(5,26)27)18-9-8-10-19(14-18)29-7-2/h8-14,20H,6-7,15H2,1-5H3,(H,23,25). The summed E-state index contributed by atoms with van der Waals surface area (Å²) in [6.45, 7) is 5.89. The van der Waals surface area contributed by atoms with Crippen LogP contribution in [0.25, 0.3) is 0 Å². The van der Waals surface area contributed by atoms with Crippen LogP contribution in [0.3, 0.4) is 0 Å². The zero-order valence-corrected chi connectivity index (χ0v) is 19.0. The van der Waals surface area contributed by atoms with Crippen LogP contribution in [0.1, 0.15) is 37.4 Å². The van der Waals surface area contributed by atoms with Crippen LogP contribution in [0.4, 0.5) is 5.69 Å². The lowest BCUT2D eigenvalue weighted by atomic mass is 10.0. The van der Waals surface area contributed by atoms with Gasteiger partial charge in [0.1, 0.15) is 18.0 Å². The molecule has 0 aliphatic carbocycles. The number of methoxy groups -OCH3 is 1. The summed E-state index contributed by atoms with van der Waals surface area (Å²) in [7, 11) is -2.05. The predicted octanol–water partition coefficient (Wildman–Crippen LogP) is 3.44. The summed E-state index contributed by atoms with van der Waals surface area (Å²) in [5, 5.41) is 2.94. The zero-order chi connectivity index (χ0) is 22.3. The summed E-state index contributed by atoms with van der Waals surface area (Å²) in [6.07, 6.45) is 1.74. The SMILES string of the molecule is CCOc1cccc(N(CC(=O)NC(CC)c2ccc(OC)c(C)c2)S(C)(=O)=O)c1. The molecule has 0 radical (unpaired) electrons. The summed E-state index contributed by atoms with van der Waals surface area (Å²) < 4.78 is 36.6. The molecule has 0 fully saturated rings. The number of carbonyl (C=O) groups is 1. The monoisotopic (exact) mass is 434 g/mol. The van der Waals surface area contributed by atoms with E-state index in [0.717, 1.165) is 27.4 Å². The van der Waals surface area contributed by atoms with E-state index in [-0.39, 0.29) is 18.5 Å². The maximum absolute atomic E-state index is 12.8. The van der Waals surface area contributed by atoms with Gasteiger partial charge in [-0.25, -0.2) is 8.42 Å². The van der Waals surface area contributed by atoms with Crippen LogP contribution in [0.2, 0.25) is 0 Å². The average molecular weight is 435 g/mol. The first-order valence-corrected chi connectivity index (χ1v) is 11.7. The van der Waals surface area contributed by atoms with Crippen molar-refractivity contribution in [3.05, 3.63) is 53.6 Å².